The van der Waals surface area contributed by atoms with E-state index in [9.17, 15) is 0 Å². The summed E-state index contributed by atoms with van der Waals surface area (Å²) in [5.41, 5.74) is 1.17. The molecule has 1 saturated carbocycles. The molecule has 0 aliphatic heterocycles. The Labute approximate surface area is 115 Å². The van der Waals surface area contributed by atoms with E-state index in [0.717, 1.165) is 19.6 Å². The molecular formula is C14H24ClN3. The quantitative estimate of drug-likeness (QED) is 0.738. The summed E-state index contributed by atoms with van der Waals surface area (Å²) in [6.45, 7) is 5.06. The largest absolute Gasteiger partial charge is 0.297 e. The molecule has 3 nitrogen and oxygen atoms in total. The zero-order chi connectivity index (χ0) is 12.8. The maximum absolute atomic E-state index is 5.80. The molecule has 102 valence electrons. The second kappa shape index (κ2) is 7.15. The lowest BCUT2D eigenvalue weighted by Gasteiger charge is -2.22. The maximum Gasteiger partial charge on any atom is 0.0764 e. The molecular weight excluding hydrogens is 246 g/mol. The van der Waals surface area contributed by atoms with Gasteiger partial charge in [-0.25, -0.2) is 0 Å². The summed E-state index contributed by atoms with van der Waals surface area (Å²) in [6, 6.07) is 2.79. The van der Waals surface area contributed by atoms with E-state index in [-0.39, 0.29) is 0 Å². The first kappa shape index (κ1) is 13.9. The molecule has 1 heterocycles. The second-order valence-corrected chi connectivity index (χ2v) is 5.51. The average Bonchev–Trinajstić information content (AvgIpc) is 2.88. The van der Waals surface area contributed by atoms with Crippen molar-refractivity contribution in [2.45, 2.75) is 51.6 Å². The summed E-state index contributed by atoms with van der Waals surface area (Å²) in [7, 11) is 0. The van der Waals surface area contributed by atoms with Gasteiger partial charge in [0.05, 0.1) is 11.7 Å². The smallest absolute Gasteiger partial charge is 0.0764 e. The number of aromatic nitrogens is 2. The van der Waals surface area contributed by atoms with Crippen molar-refractivity contribution < 1.29 is 0 Å². The first-order valence-electron chi connectivity index (χ1n) is 7.16. The number of nitrogens with zero attached hydrogens (tertiary/aromatic N) is 3. The van der Waals surface area contributed by atoms with Gasteiger partial charge in [0.2, 0.25) is 0 Å². The zero-order valence-electron chi connectivity index (χ0n) is 11.3. The van der Waals surface area contributed by atoms with Crippen LogP contribution >= 0.6 is 11.6 Å². The Morgan fingerprint density at radius 3 is 2.83 bits per heavy atom. The fourth-order valence-electron chi connectivity index (χ4n) is 2.71. The van der Waals surface area contributed by atoms with Gasteiger partial charge in [-0.15, -0.1) is 11.6 Å². The standard InChI is InChI=1S/C14H24ClN3/c1-2-17(11-9-15)12-13-8-10-18(16-13)14-6-4-3-5-7-14/h8,10,14H,2-7,9,11-12H2,1H3. The Morgan fingerprint density at radius 1 is 1.39 bits per heavy atom. The minimum Gasteiger partial charge on any atom is -0.297 e. The highest BCUT2D eigenvalue weighted by Crippen LogP contribution is 2.27. The van der Waals surface area contributed by atoms with Crippen LogP contribution in [0.2, 0.25) is 0 Å². The minimum absolute atomic E-state index is 0.635. The van der Waals surface area contributed by atoms with Gasteiger partial charge in [-0.1, -0.05) is 26.2 Å². The zero-order valence-corrected chi connectivity index (χ0v) is 12.1. The van der Waals surface area contributed by atoms with Crippen molar-refractivity contribution in [3.63, 3.8) is 0 Å². The van der Waals surface area contributed by atoms with Gasteiger partial charge in [0.15, 0.2) is 0 Å². The fraction of sp³-hybridized carbons (Fsp3) is 0.786. The Balaban J connectivity index is 1.92. The van der Waals surface area contributed by atoms with E-state index in [1.807, 2.05) is 0 Å². The molecule has 0 radical (unpaired) electrons. The predicted molar refractivity (Wildman–Crippen MR) is 76.0 cm³/mol. The van der Waals surface area contributed by atoms with E-state index < -0.39 is 0 Å². The van der Waals surface area contributed by atoms with Gasteiger partial charge in [0.1, 0.15) is 0 Å². The number of rotatable bonds is 6. The van der Waals surface area contributed by atoms with Gasteiger partial charge < -0.3 is 0 Å². The topological polar surface area (TPSA) is 21.1 Å². The predicted octanol–water partition coefficient (Wildman–Crippen LogP) is 3.45. The average molecular weight is 270 g/mol. The Bertz CT molecular complexity index is 345. The first-order valence-corrected chi connectivity index (χ1v) is 7.69. The van der Waals surface area contributed by atoms with Gasteiger partial charge in [-0.3, -0.25) is 9.58 Å². The molecule has 0 atom stereocenters. The molecule has 0 spiro atoms. The van der Waals surface area contributed by atoms with E-state index in [1.165, 1.54) is 37.8 Å². The molecule has 1 aromatic heterocycles. The fourth-order valence-corrected chi connectivity index (χ4v) is 2.95. The number of hydrogen-bond acceptors (Lipinski definition) is 2. The van der Waals surface area contributed by atoms with E-state index in [0.29, 0.717) is 11.9 Å². The van der Waals surface area contributed by atoms with Gasteiger partial charge in [-0.05, 0) is 25.5 Å². The van der Waals surface area contributed by atoms with E-state index in [4.69, 9.17) is 16.7 Å². The first-order chi connectivity index (χ1) is 8.83. The molecule has 4 heteroatoms. The molecule has 1 aliphatic rings. The van der Waals surface area contributed by atoms with Crippen molar-refractivity contribution in [1.29, 1.82) is 0 Å². The summed E-state index contributed by atoms with van der Waals surface area (Å²) < 4.78 is 2.18. The molecule has 0 amide bonds. The summed E-state index contributed by atoms with van der Waals surface area (Å²) in [5.74, 6) is 0.692. The van der Waals surface area contributed by atoms with Gasteiger partial charge in [0.25, 0.3) is 0 Å². The van der Waals surface area contributed by atoms with Crippen molar-refractivity contribution in [1.82, 2.24) is 14.7 Å². The third-order valence-corrected chi connectivity index (χ3v) is 4.01. The Morgan fingerprint density at radius 2 is 2.17 bits per heavy atom. The Hall–Kier alpha value is -0.540. The van der Waals surface area contributed by atoms with E-state index in [1.54, 1.807) is 0 Å². The van der Waals surface area contributed by atoms with Crippen molar-refractivity contribution in [3.8, 4) is 0 Å². The molecule has 18 heavy (non-hydrogen) atoms. The summed E-state index contributed by atoms with van der Waals surface area (Å²) in [6.07, 6.45) is 8.84. The van der Waals surface area contributed by atoms with Crippen LogP contribution in [-0.2, 0) is 6.54 Å². The third kappa shape index (κ3) is 3.72. The molecule has 1 aliphatic carbocycles. The number of alkyl halides is 1. The lowest BCUT2D eigenvalue weighted by molar-refractivity contribution is 0.287. The Kier molecular flexibility index (Phi) is 5.51. The SMILES string of the molecule is CCN(CCCl)Cc1ccn(C2CCCCC2)n1. The van der Waals surface area contributed by atoms with Crippen LogP contribution in [0.25, 0.3) is 0 Å². The second-order valence-electron chi connectivity index (χ2n) is 5.14. The van der Waals surface area contributed by atoms with Crippen LogP contribution < -0.4 is 0 Å². The summed E-state index contributed by atoms with van der Waals surface area (Å²) in [4.78, 5) is 2.33. The van der Waals surface area contributed by atoms with Crippen LogP contribution in [-0.4, -0.2) is 33.6 Å². The number of halogens is 1. The van der Waals surface area contributed by atoms with Crippen LogP contribution in [0, 0.1) is 0 Å². The van der Waals surface area contributed by atoms with Crippen LogP contribution in [0.15, 0.2) is 12.3 Å². The van der Waals surface area contributed by atoms with Crippen molar-refractivity contribution in [2.75, 3.05) is 19.0 Å². The molecule has 1 fully saturated rings. The van der Waals surface area contributed by atoms with E-state index >= 15 is 0 Å². The molecule has 0 aromatic carbocycles. The third-order valence-electron chi connectivity index (χ3n) is 3.85. The highest BCUT2D eigenvalue weighted by molar-refractivity contribution is 6.18. The molecule has 0 saturated heterocycles. The molecule has 0 unspecified atom stereocenters. The maximum atomic E-state index is 5.80. The van der Waals surface area contributed by atoms with Crippen LogP contribution in [0.4, 0.5) is 0 Å². The van der Waals surface area contributed by atoms with Crippen LogP contribution in [0.1, 0.15) is 50.8 Å². The summed E-state index contributed by atoms with van der Waals surface area (Å²) >= 11 is 5.80. The highest BCUT2D eigenvalue weighted by Gasteiger charge is 2.16. The van der Waals surface area contributed by atoms with Crippen molar-refractivity contribution in [2.24, 2.45) is 0 Å². The minimum atomic E-state index is 0.635. The summed E-state index contributed by atoms with van der Waals surface area (Å²) in [5, 5.41) is 4.74. The lowest BCUT2D eigenvalue weighted by atomic mass is 9.96. The number of hydrogen-bond donors (Lipinski definition) is 0. The van der Waals surface area contributed by atoms with Gasteiger partial charge in [-0.2, -0.15) is 5.10 Å². The molecule has 2 rings (SSSR count). The monoisotopic (exact) mass is 269 g/mol. The molecule has 1 aromatic rings. The molecule has 0 bridgehead atoms. The van der Waals surface area contributed by atoms with Crippen molar-refractivity contribution >= 4 is 11.6 Å². The van der Waals surface area contributed by atoms with E-state index in [2.05, 4.69) is 28.8 Å². The van der Waals surface area contributed by atoms with Crippen molar-refractivity contribution in [3.05, 3.63) is 18.0 Å². The van der Waals surface area contributed by atoms with Gasteiger partial charge in [0, 0.05) is 25.2 Å². The van der Waals surface area contributed by atoms with Crippen LogP contribution in [0.3, 0.4) is 0 Å². The lowest BCUT2D eigenvalue weighted by Crippen LogP contribution is -2.25. The van der Waals surface area contributed by atoms with Crippen LogP contribution in [0.5, 0.6) is 0 Å². The molecule has 0 N–H and O–H groups in total. The van der Waals surface area contributed by atoms with Gasteiger partial charge >= 0.3 is 0 Å². The normalized spacial score (nSPS) is 17.5. The highest BCUT2D eigenvalue weighted by atomic mass is 35.5.